The van der Waals surface area contributed by atoms with E-state index in [1.165, 1.54) is 5.57 Å². The first-order chi connectivity index (χ1) is 5.20. The van der Waals surface area contributed by atoms with Crippen LogP contribution in [0.1, 0.15) is 13.8 Å². The van der Waals surface area contributed by atoms with Gasteiger partial charge in [0.1, 0.15) is 0 Å². The summed E-state index contributed by atoms with van der Waals surface area (Å²) < 4.78 is 0. The molecule has 1 nitrogen and oxygen atoms in total. The molecule has 0 fully saturated rings. The number of nitrogens with zero attached hydrogens (tertiary/aromatic N) is 1. The smallest absolute Gasteiger partial charge is 0.312 e. The highest BCUT2D eigenvalue weighted by atomic mass is 35.8. The summed E-state index contributed by atoms with van der Waals surface area (Å²) >= 11 is 14.8. The third-order valence-electron chi connectivity index (χ3n) is 0. The highest BCUT2D eigenvalue weighted by Crippen LogP contribution is 1.97. The third kappa shape index (κ3) is 1670. The van der Waals surface area contributed by atoms with Crippen LogP contribution in [0.2, 0.25) is 0 Å². The molecular weight excluding hydrogens is 233 g/mol. The van der Waals surface area contributed by atoms with E-state index in [-0.39, 0.29) is 0 Å². The molecule has 0 bridgehead atoms. The third-order valence-corrected chi connectivity index (χ3v) is 0. The molecule has 0 aliphatic rings. The lowest BCUT2D eigenvalue weighted by atomic mass is 10.4. The second-order valence-electron chi connectivity index (χ2n) is 2.80. The average Bonchev–Trinajstić information content (AvgIpc) is 1.54. The molecule has 0 aliphatic carbocycles. The summed E-state index contributed by atoms with van der Waals surface area (Å²) in [4.78, 5) is 2.00. The first kappa shape index (κ1) is 18.5. The van der Waals surface area contributed by atoms with E-state index in [0.717, 1.165) is 0 Å². The Kier molecular flexibility index (Phi) is 22.1. The molecule has 0 spiro atoms. The first-order valence-electron chi connectivity index (χ1n) is 3.35. The van der Waals surface area contributed by atoms with Crippen molar-refractivity contribution in [2.45, 2.75) is 13.8 Å². The van der Waals surface area contributed by atoms with Crippen LogP contribution < -0.4 is 0 Å². The zero-order valence-electron chi connectivity index (χ0n) is 8.37. The van der Waals surface area contributed by atoms with Gasteiger partial charge >= 0.3 is 6.73 Å². The topological polar surface area (TPSA) is 3.24 Å². The summed E-state index contributed by atoms with van der Waals surface area (Å²) in [7, 11) is 6.00. The Labute approximate surface area is 92.0 Å². The molecule has 0 amide bonds. The van der Waals surface area contributed by atoms with E-state index >= 15 is 0 Å². The molecule has 12 heavy (non-hydrogen) atoms. The Hall–Kier alpha value is 0.787. The van der Waals surface area contributed by atoms with Crippen LogP contribution in [0, 0.1) is 0 Å². The Morgan fingerprint density at radius 1 is 1.08 bits per heavy atom. The lowest BCUT2D eigenvalue weighted by Crippen LogP contribution is -1.99. The maximum atomic E-state index is 4.94. The van der Waals surface area contributed by atoms with Crippen LogP contribution in [0.5, 0.6) is 0 Å². The molecule has 0 saturated heterocycles. The molecule has 0 aromatic carbocycles. The first-order valence-corrected chi connectivity index (χ1v) is 8.59. The van der Waals surface area contributed by atoms with Gasteiger partial charge in [0.2, 0.25) is 0 Å². The van der Waals surface area contributed by atoms with Crippen LogP contribution in [-0.2, 0) is 0 Å². The molecule has 76 valence electrons. The molecule has 0 saturated carbocycles. The summed E-state index contributed by atoms with van der Waals surface area (Å²) in [6, 6.07) is 0. The number of hydrogen-bond acceptors (Lipinski definition) is 1. The number of allylic oxidation sites excluding steroid dienone is 1. The quantitative estimate of drug-likeness (QED) is 0.363. The Morgan fingerprint density at radius 3 is 1.08 bits per heavy atom. The number of rotatable bonds is 0. The zero-order valence-corrected chi connectivity index (χ0v) is 11.8. The highest BCUT2D eigenvalue weighted by molar-refractivity contribution is 7.54. The van der Waals surface area contributed by atoms with Crippen LogP contribution >= 0.6 is 33.2 Å². The van der Waals surface area contributed by atoms with Gasteiger partial charge in [0.05, 0.1) is 0 Å². The van der Waals surface area contributed by atoms with Crippen molar-refractivity contribution in [1.82, 2.24) is 4.90 Å². The molecular formula is C7H18Cl3NSi. The van der Waals surface area contributed by atoms with Crippen LogP contribution in [0.3, 0.4) is 0 Å². The van der Waals surface area contributed by atoms with E-state index in [0.29, 0.717) is 0 Å². The summed E-state index contributed by atoms with van der Waals surface area (Å²) in [6.45, 7) is 5.78. The van der Waals surface area contributed by atoms with E-state index in [9.17, 15) is 0 Å². The fraction of sp³-hybridized carbons (Fsp3) is 0.714. The lowest BCUT2D eigenvalue weighted by Gasteiger charge is -1.90. The van der Waals surface area contributed by atoms with Crippen molar-refractivity contribution in [3.05, 3.63) is 12.2 Å². The molecule has 0 aromatic heterocycles. The van der Waals surface area contributed by atoms with Crippen molar-refractivity contribution >= 4 is 40.0 Å². The van der Waals surface area contributed by atoms with Crippen LogP contribution in [0.25, 0.3) is 0 Å². The summed E-state index contributed by atoms with van der Waals surface area (Å²) in [5, 5.41) is 0. The van der Waals surface area contributed by atoms with Gasteiger partial charge in [-0.15, -0.1) is 39.8 Å². The summed E-state index contributed by atoms with van der Waals surface area (Å²) in [5.41, 5.74) is 1.17. The second-order valence-corrected chi connectivity index (χ2v) is 9.23. The average molecular weight is 251 g/mol. The van der Waals surface area contributed by atoms with Crippen molar-refractivity contribution in [2.75, 3.05) is 21.1 Å². The van der Waals surface area contributed by atoms with Gasteiger partial charge in [-0.2, -0.15) is 0 Å². The van der Waals surface area contributed by atoms with Gasteiger partial charge < -0.3 is 4.90 Å². The van der Waals surface area contributed by atoms with Crippen LogP contribution in [0.4, 0.5) is 0 Å². The molecule has 0 rings (SSSR count). The van der Waals surface area contributed by atoms with Crippen LogP contribution in [0.15, 0.2) is 12.2 Å². The van der Waals surface area contributed by atoms with Gasteiger partial charge in [-0.3, -0.25) is 0 Å². The summed E-state index contributed by atoms with van der Waals surface area (Å²) in [6.07, 6.45) is 0. The molecule has 0 N–H and O–H groups in total. The van der Waals surface area contributed by atoms with Gasteiger partial charge in [-0.05, 0) is 35.0 Å². The molecule has 0 heterocycles. The SMILES string of the molecule is C=C(C)C.CN(C)C.Cl[SiH](Cl)Cl. The Bertz CT molecular complexity index is 81.1. The number of hydrogen-bond donors (Lipinski definition) is 0. The molecule has 0 atom stereocenters. The van der Waals surface area contributed by atoms with Gasteiger partial charge in [0.25, 0.3) is 0 Å². The fourth-order valence-corrected chi connectivity index (χ4v) is 0. The van der Waals surface area contributed by atoms with Crippen molar-refractivity contribution < 1.29 is 0 Å². The van der Waals surface area contributed by atoms with E-state index in [1.54, 1.807) is 0 Å². The minimum atomic E-state index is -1.72. The molecule has 0 radical (unpaired) electrons. The Morgan fingerprint density at radius 2 is 1.08 bits per heavy atom. The minimum absolute atomic E-state index is 1.17. The van der Waals surface area contributed by atoms with Gasteiger partial charge in [-0.1, -0.05) is 5.57 Å². The molecule has 0 aliphatic heterocycles. The van der Waals surface area contributed by atoms with Crippen molar-refractivity contribution in [2.24, 2.45) is 0 Å². The molecule has 0 aromatic rings. The van der Waals surface area contributed by atoms with Gasteiger partial charge in [0, 0.05) is 0 Å². The highest BCUT2D eigenvalue weighted by Gasteiger charge is 1.85. The standard InChI is InChI=1S/C4H8.C3H9N.Cl3HSi/c3*1-4(2)3/h1H2,2-3H3;1-3H3;4H. The van der Waals surface area contributed by atoms with E-state index in [4.69, 9.17) is 33.2 Å². The van der Waals surface area contributed by atoms with Crippen molar-refractivity contribution in [3.63, 3.8) is 0 Å². The van der Waals surface area contributed by atoms with Gasteiger partial charge in [-0.25, -0.2) is 0 Å². The van der Waals surface area contributed by atoms with E-state index in [1.807, 2.05) is 39.9 Å². The second kappa shape index (κ2) is 14.3. The van der Waals surface area contributed by atoms with Gasteiger partial charge in [0.15, 0.2) is 0 Å². The predicted molar refractivity (Wildman–Crippen MR) is 64.8 cm³/mol. The lowest BCUT2D eigenvalue weighted by molar-refractivity contribution is 0.505. The van der Waals surface area contributed by atoms with Crippen molar-refractivity contribution in [3.8, 4) is 0 Å². The minimum Gasteiger partial charge on any atom is -0.312 e. The summed E-state index contributed by atoms with van der Waals surface area (Å²) in [5.74, 6) is 0. The van der Waals surface area contributed by atoms with Crippen molar-refractivity contribution in [1.29, 1.82) is 0 Å². The molecule has 5 heteroatoms. The maximum Gasteiger partial charge on any atom is 0.326 e. The normalized spacial score (nSPS) is 8.17. The van der Waals surface area contributed by atoms with E-state index in [2.05, 4.69) is 6.58 Å². The predicted octanol–water partition coefficient (Wildman–Crippen LogP) is 3.18. The van der Waals surface area contributed by atoms with Crippen LogP contribution in [-0.4, -0.2) is 32.8 Å². The zero-order chi connectivity index (χ0) is 10.7. The largest absolute Gasteiger partial charge is 0.326 e. The maximum absolute atomic E-state index is 4.94. The monoisotopic (exact) mass is 249 g/mol. The molecule has 0 unspecified atom stereocenters. The fourth-order valence-electron chi connectivity index (χ4n) is 0. The Balaban J connectivity index is -0.000000101. The van der Waals surface area contributed by atoms with E-state index < -0.39 is 6.73 Å². The number of halogens is 3.